The molecule has 0 radical (unpaired) electrons. The predicted octanol–water partition coefficient (Wildman–Crippen LogP) is 1.71. The Morgan fingerprint density at radius 1 is 1.44 bits per heavy atom. The lowest BCUT2D eigenvalue weighted by atomic mass is 9.93. The number of ether oxygens (including phenoxy) is 1. The average molecular weight is 361 g/mol. The highest BCUT2D eigenvalue weighted by Crippen LogP contribution is 2.31. The van der Waals surface area contributed by atoms with Crippen molar-refractivity contribution in [1.29, 1.82) is 5.26 Å². The number of carbonyl (C=O) groups excluding carboxylic acids is 1. The minimum absolute atomic E-state index is 0.0561. The molecule has 0 aliphatic heterocycles. The fraction of sp³-hybridized carbons (Fsp3) is 0.294. The number of thiocarbonyl (C=S) groups is 1. The van der Waals surface area contributed by atoms with Crippen molar-refractivity contribution in [1.82, 2.24) is 10.6 Å². The number of allylic oxidation sites excluding steroid dienone is 1. The standard InChI is InChI=1S/C17H19N3O4S/c1-11(7-14(20-10-25)13(8-18)17(23)19-2)12-5-3-4-6-15(12)24-9-16(21)22/h3-6,10-11H,7,9H2,1-2H3,(H,19,23)(H,20,25)(H,21,22)/b14-13-. The van der Waals surface area contributed by atoms with E-state index in [0.29, 0.717) is 17.9 Å². The van der Waals surface area contributed by atoms with Gasteiger partial charge in [0.1, 0.15) is 17.4 Å². The van der Waals surface area contributed by atoms with Crippen LogP contribution in [-0.4, -0.2) is 36.1 Å². The molecule has 1 amide bonds. The Bertz CT molecular complexity index is 725. The zero-order chi connectivity index (χ0) is 18.8. The van der Waals surface area contributed by atoms with Crippen LogP contribution in [0.3, 0.4) is 0 Å². The molecule has 25 heavy (non-hydrogen) atoms. The van der Waals surface area contributed by atoms with Gasteiger partial charge in [-0.15, -0.1) is 0 Å². The Labute approximate surface area is 151 Å². The number of carboxylic acid groups (broad SMARTS) is 1. The first-order valence-corrected chi connectivity index (χ1v) is 7.90. The van der Waals surface area contributed by atoms with Gasteiger partial charge in [0, 0.05) is 12.7 Å². The fourth-order valence-electron chi connectivity index (χ4n) is 2.26. The number of hydrogen-bond acceptors (Lipinski definition) is 5. The van der Waals surface area contributed by atoms with Crippen LogP contribution in [0.15, 0.2) is 35.5 Å². The molecule has 0 aliphatic carbocycles. The molecule has 0 bridgehead atoms. The topological polar surface area (TPSA) is 111 Å². The number of nitrogens with zero attached hydrogens (tertiary/aromatic N) is 1. The molecule has 7 nitrogen and oxygen atoms in total. The van der Waals surface area contributed by atoms with Crippen LogP contribution in [0, 0.1) is 11.3 Å². The van der Waals surface area contributed by atoms with Crippen molar-refractivity contribution in [3.8, 4) is 11.8 Å². The zero-order valence-corrected chi connectivity index (χ0v) is 14.7. The molecule has 8 heteroatoms. The van der Waals surface area contributed by atoms with E-state index in [1.165, 1.54) is 12.5 Å². The van der Waals surface area contributed by atoms with Crippen LogP contribution in [0.2, 0.25) is 0 Å². The molecule has 1 atom stereocenters. The minimum Gasteiger partial charge on any atom is -0.482 e. The summed E-state index contributed by atoms with van der Waals surface area (Å²) in [5.41, 5.74) is 2.33. The molecule has 0 heterocycles. The van der Waals surface area contributed by atoms with E-state index in [1.54, 1.807) is 18.2 Å². The SMILES string of the molecule is CNC(=O)/C(C#N)=C(/CC(C)c1ccccc1OCC(=O)O)NC=S. The number of hydrogen-bond donors (Lipinski definition) is 3. The van der Waals surface area contributed by atoms with Gasteiger partial charge in [-0.05, 0) is 24.0 Å². The van der Waals surface area contributed by atoms with E-state index in [4.69, 9.17) is 22.1 Å². The molecule has 132 valence electrons. The first-order chi connectivity index (χ1) is 11.9. The fourth-order valence-corrected chi connectivity index (χ4v) is 2.40. The van der Waals surface area contributed by atoms with Crippen molar-refractivity contribution >= 4 is 29.6 Å². The lowest BCUT2D eigenvalue weighted by Gasteiger charge is -2.18. The summed E-state index contributed by atoms with van der Waals surface area (Å²) in [4.78, 5) is 22.6. The number of aliphatic carboxylic acids is 1. The molecule has 0 fully saturated rings. The number of rotatable bonds is 9. The molecule has 0 spiro atoms. The average Bonchev–Trinajstić information content (AvgIpc) is 2.60. The minimum atomic E-state index is -1.07. The number of carboxylic acids is 1. The number of benzene rings is 1. The van der Waals surface area contributed by atoms with E-state index in [0.717, 1.165) is 5.56 Å². The van der Waals surface area contributed by atoms with Crippen molar-refractivity contribution in [2.45, 2.75) is 19.3 Å². The number of nitriles is 1. The van der Waals surface area contributed by atoms with Gasteiger partial charge in [-0.1, -0.05) is 37.3 Å². The number of nitrogens with one attached hydrogen (secondary N) is 2. The zero-order valence-electron chi connectivity index (χ0n) is 13.9. The van der Waals surface area contributed by atoms with Crippen LogP contribution < -0.4 is 15.4 Å². The van der Waals surface area contributed by atoms with E-state index in [1.807, 2.05) is 19.1 Å². The third-order valence-corrected chi connectivity index (χ3v) is 3.53. The summed E-state index contributed by atoms with van der Waals surface area (Å²) in [5.74, 6) is -1.30. The molecular weight excluding hydrogens is 342 g/mol. The number of carbonyl (C=O) groups is 2. The lowest BCUT2D eigenvalue weighted by Crippen LogP contribution is -2.25. The first-order valence-electron chi connectivity index (χ1n) is 7.43. The van der Waals surface area contributed by atoms with Gasteiger partial charge in [0.15, 0.2) is 6.61 Å². The summed E-state index contributed by atoms with van der Waals surface area (Å²) in [6, 6.07) is 8.91. The van der Waals surface area contributed by atoms with E-state index in [9.17, 15) is 14.9 Å². The summed E-state index contributed by atoms with van der Waals surface area (Å²) in [7, 11) is 1.44. The van der Waals surface area contributed by atoms with E-state index in [2.05, 4.69) is 10.6 Å². The predicted molar refractivity (Wildman–Crippen MR) is 96.1 cm³/mol. The van der Waals surface area contributed by atoms with Gasteiger partial charge >= 0.3 is 5.97 Å². The van der Waals surface area contributed by atoms with Crippen molar-refractivity contribution in [2.75, 3.05) is 13.7 Å². The maximum absolute atomic E-state index is 11.9. The Kier molecular flexibility index (Phi) is 8.09. The third kappa shape index (κ3) is 5.90. The smallest absolute Gasteiger partial charge is 0.341 e. The van der Waals surface area contributed by atoms with E-state index >= 15 is 0 Å². The van der Waals surface area contributed by atoms with Gasteiger partial charge in [0.25, 0.3) is 5.91 Å². The molecule has 1 aromatic carbocycles. The highest BCUT2D eigenvalue weighted by Gasteiger charge is 2.19. The summed E-state index contributed by atoms with van der Waals surface area (Å²) in [6.45, 7) is 1.43. The molecule has 1 unspecified atom stereocenters. The molecule has 0 aliphatic rings. The maximum atomic E-state index is 11.9. The highest BCUT2D eigenvalue weighted by atomic mass is 32.1. The maximum Gasteiger partial charge on any atom is 0.341 e. The molecule has 1 rings (SSSR count). The van der Waals surface area contributed by atoms with Gasteiger partial charge < -0.3 is 20.5 Å². The second-order valence-electron chi connectivity index (χ2n) is 5.13. The molecular formula is C17H19N3O4S. The van der Waals surface area contributed by atoms with Crippen LogP contribution in [0.5, 0.6) is 5.75 Å². The van der Waals surface area contributed by atoms with E-state index < -0.39 is 18.5 Å². The van der Waals surface area contributed by atoms with E-state index in [-0.39, 0.29) is 11.5 Å². The second-order valence-corrected chi connectivity index (χ2v) is 5.37. The van der Waals surface area contributed by atoms with Crippen LogP contribution in [-0.2, 0) is 9.59 Å². The largest absolute Gasteiger partial charge is 0.482 e. The van der Waals surface area contributed by atoms with Crippen LogP contribution >= 0.6 is 12.2 Å². The normalized spacial score (nSPS) is 12.2. The van der Waals surface area contributed by atoms with Gasteiger partial charge in [0.05, 0.1) is 5.49 Å². The van der Waals surface area contributed by atoms with Crippen molar-refractivity contribution in [3.05, 3.63) is 41.1 Å². The first kappa shape index (κ1) is 20.1. The molecule has 0 saturated heterocycles. The van der Waals surface area contributed by atoms with Gasteiger partial charge in [0.2, 0.25) is 0 Å². The van der Waals surface area contributed by atoms with Gasteiger partial charge in [-0.25, -0.2) is 4.79 Å². The van der Waals surface area contributed by atoms with Crippen LogP contribution in [0.1, 0.15) is 24.8 Å². The Balaban J connectivity index is 3.13. The highest BCUT2D eigenvalue weighted by molar-refractivity contribution is 7.78. The molecule has 1 aromatic rings. The molecule has 0 saturated carbocycles. The number of para-hydroxylation sites is 1. The van der Waals surface area contributed by atoms with Crippen molar-refractivity contribution in [3.63, 3.8) is 0 Å². The van der Waals surface area contributed by atoms with Crippen LogP contribution in [0.25, 0.3) is 0 Å². The number of likely N-dealkylation sites (N-methyl/N-ethyl adjacent to an activating group) is 1. The Hall–Kier alpha value is -2.92. The second kappa shape index (κ2) is 10.1. The van der Waals surface area contributed by atoms with Crippen LogP contribution in [0.4, 0.5) is 0 Å². The monoisotopic (exact) mass is 361 g/mol. The lowest BCUT2D eigenvalue weighted by molar-refractivity contribution is -0.139. The van der Waals surface area contributed by atoms with Gasteiger partial charge in [-0.3, -0.25) is 4.79 Å². The summed E-state index contributed by atoms with van der Waals surface area (Å²) in [6.07, 6.45) is 0.316. The number of amides is 1. The van der Waals surface area contributed by atoms with Crippen molar-refractivity contribution < 1.29 is 19.4 Å². The molecule has 0 aromatic heterocycles. The van der Waals surface area contributed by atoms with Gasteiger partial charge in [-0.2, -0.15) is 5.26 Å². The Morgan fingerprint density at radius 2 is 2.12 bits per heavy atom. The third-order valence-electron chi connectivity index (χ3n) is 3.41. The quantitative estimate of drug-likeness (QED) is 0.349. The summed E-state index contributed by atoms with van der Waals surface area (Å²) in [5, 5.41) is 23.2. The molecule has 3 N–H and O–H groups in total. The summed E-state index contributed by atoms with van der Waals surface area (Å²) < 4.78 is 5.31. The van der Waals surface area contributed by atoms with Crippen molar-refractivity contribution in [2.24, 2.45) is 0 Å². The summed E-state index contributed by atoms with van der Waals surface area (Å²) >= 11 is 4.78. The Morgan fingerprint density at radius 3 is 2.68 bits per heavy atom.